The van der Waals surface area contributed by atoms with Crippen LogP contribution in [-0.2, 0) is 11.2 Å². The van der Waals surface area contributed by atoms with Crippen molar-refractivity contribution < 1.29 is 14.2 Å². The topological polar surface area (TPSA) is 27.7 Å². The molecule has 1 heterocycles. The van der Waals surface area contributed by atoms with E-state index in [1.807, 2.05) is 13.8 Å². The van der Waals surface area contributed by atoms with Gasteiger partial charge in [-0.3, -0.25) is 0 Å². The predicted octanol–water partition coefficient (Wildman–Crippen LogP) is 4.83. The molecule has 1 aliphatic rings. The molecule has 3 nitrogen and oxygen atoms in total. The molecule has 0 aromatic heterocycles. The Labute approximate surface area is 134 Å². The van der Waals surface area contributed by atoms with Crippen molar-refractivity contribution in [3.63, 3.8) is 0 Å². The van der Waals surface area contributed by atoms with Gasteiger partial charge < -0.3 is 14.2 Å². The Hall–Kier alpha value is -1.48. The van der Waals surface area contributed by atoms with Gasteiger partial charge in [-0.15, -0.1) is 0 Å². The molecule has 1 aromatic rings. The lowest BCUT2D eigenvalue weighted by atomic mass is 9.97. The van der Waals surface area contributed by atoms with Gasteiger partial charge >= 0.3 is 0 Å². The van der Waals surface area contributed by atoms with E-state index in [-0.39, 0.29) is 12.4 Å². The molecular formula is C19H28O3. The molecule has 1 aliphatic heterocycles. The minimum absolute atomic E-state index is 0.232. The number of hydrogen-bond acceptors (Lipinski definition) is 3. The zero-order chi connectivity index (χ0) is 16.2. The zero-order valence-corrected chi connectivity index (χ0v) is 14.4. The van der Waals surface area contributed by atoms with E-state index in [1.54, 1.807) is 7.11 Å². The van der Waals surface area contributed by atoms with Crippen LogP contribution < -0.4 is 9.47 Å². The Morgan fingerprint density at radius 1 is 1.23 bits per heavy atom. The molecule has 1 aromatic carbocycles. The van der Waals surface area contributed by atoms with Crippen molar-refractivity contribution in [1.82, 2.24) is 0 Å². The molecule has 0 N–H and O–H groups in total. The maximum atomic E-state index is 6.08. The molecular weight excluding hydrogens is 276 g/mol. The molecule has 0 bridgehead atoms. The SMILES string of the molecule is COCOc1cc(CCCC(C)C)cc2c1OC(C)(C)C=C2. The third-order valence-corrected chi connectivity index (χ3v) is 3.75. The van der Waals surface area contributed by atoms with Crippen LogP contribution >= 0.6 is 0 Å². The minimum atomic E-state index is -0.308. The Bertz CT molecular complexity index is 530. The summed E-state index contributed by atoms with van der Waals surface area (Å²) in [6, 6.07) is 4.30. The van der Waals surface area contributed by atoms with Gasteiger partial charge in [-0.05, 0) is 56.4 Å². The summed E-state index contributed by atoms with van der Waals surface area (Å²) in [6.07, 6.45) is 7.71. The first kappa shape index (κ1) is 16.9. The summed E-state index contributed by atoms with van der Waals surface area (Å²) in [7, 11) is 1.63. The van der Waals surface area contributed by atoms with Crippen molar-refractivity contribution in [2.75, 3.05) is 13.9 Å². The lowest BCUT2D eigenvalue weighted by Gasteiger charge is -2.29. The molecule has 0 spiro atoms. The fraction of sp³-hybridized carbons (Fsp3) is 0.579. The highest BCUT2D eigenvalue weighted by Gasteiger charge is 2.25. The highest BCUT2D eigenvalue weighted by molar-refractivity contribution is 5.66. The first-order chi connectivity index (χ1) is 10.4. The average molecular weight is 304 g/mol. The maximum Gasteiger partial charge on any atom is 0.188 e. The number of rotatable bonds is 7. The highest BCUT2D eigenvalue weighted by Crippen LogP contribution is 2.40. The van der Waals surface area contributed by atoms with Gasteiger partial charge in [0.2, 0.25) is 0 Å². The van der Waals surface area contributed by atoms with Gasteiger partial charge in [0.05, 0.1) is 0 Å². The molecule has 0 radical (unpaired) electrons. The third-order valence-electron chi connectivity index (χ3n) is 3.75. The normalized spacial score (nSPS) is 15.5. The maximum absolute atomic E-state index is 6.08. The molecule has 0 amide bonds. The largest absolute Gasteiger partial charge is 0.479 e. The van der Waals surface area contributed by atoms with Crippen LogP contribution in [0.3, 0.4) is 0 Å². The molecule has 0 atom stereocenters. The van der Waals surface area contributed by atoms with E-state index in [1.165, 1.54) is 18.4 Å². The number of methoxy groups -OCH3 is 1. The smallest absolute Gasteiger partial charge is 0.188 e. The summed E-state index contributed by atoms with van der Waals surface area (Å²) < 4.78 is 16.9. The molecule has 0 saturated heterocycles. The summed E-state index contributed by atoms with van der Waals surface area (Å²) in [4.78, 5) is 0. The van der Waals surface area contributed by atoms with Crippen LogP contribution in [0.5, 0.6) is 11.5 Å². The number of fused-ring (bicyclic) bond motifs is 1. The van der Waals surface area contributed by atoms with Crippen molar-refractivity contribution in [2.45, 2.75) is 52.6 Å². The quantitative estimate of drug-likeness (QED) is 0.675. The third kappa shape index (κ3) is 4.51. The standard InChI is InChI=1S/C19H28O3/c1-14(2)7-6-8-15-11-16-9-10-19(3,4)22-18(16)17(12-15)21-13-20-5/h9-12,14H,6-8,13H2,1-5H3. The van der Waals surface area contributed by atoms with E-state index in [0.29, 0.717) is 0 Å². The summed E-state index contributed by atoms with van der Waals surface area (Å²) >= 11 is 0. The second-order valence-electron chi connectivity index (χ2n) is 6.89. The Kier molecular flexibility index (Phi) is 5.52. The number of benzene rings is 1. The van der Waals surface area contributed by atoms with Gasteiger partial charge in [0, 0.05) is 12.7 Å². The first-order valence-corrected chi connectivity index (χ1v) is 8.08. The molecule has 0 saturated carbocycles. The second-order valence-corrected chi connectivity index (χ2v) is 6.89. The number of aryl methyl sites for hydroxylation is 1. The predicted molar refractivity (Wildman–Crippen MR) is 90.5 cm³/mol. The van der Waals surface area contributed by atoms with Crippen LogP contribution in [0.15, 0.2) is 18.2 Å². The summed E-state index contributed by atoms with van der Waals surface area (Å²) in [5, 5.41) is 0. The summed E-state index contributed by atoms with van der Waals surface area (Å²) in [5.74, 6) is 2.33. The zero-order valence-electron chi connectivity index (χ0n) is 14.4. The summed E-state index contributed by atoms with van der Waals surface area (Å²) in [5.41, 5.74) is 2.07. The van der Waals surface area contributed by atoms with Crippen molar-refractivity contribution in [1.29, 1.82) is 0 Å². The first-order valence-electron chi connectivity index (χ1n) is 8.08. The Morgan fingerprint density at radius 2 is 2.00 bits per heavy atom. The van der Waals surface area contributed by atoms with Crippen LogP contribution in [-0.4, -0.2) is 19.5 Å². The van der Waals surface area contributed by atoms with Crippen LogP contribution in [0.4, 0.5) is 0 Å². The fourth-order valence-electron chi connectivity index (χ4n) is 2.59. The molecule has 2 rings (SSSR count). The molecule has 122 valence electrons. The van der Waals surface area contributed by atoms with Crippen LogP contribution in [0, 0.1) is 5.92 Å². The van der Waals surface area contributed by atoms with E-state index in [4.69, 9.17) is 14.2 Å². The van der Waals surface area contributed by atoms with Gasteiger partial charge in [0.1, 0.15) is 5.60 Å². The van der Waals surface area contributed by atoms with Gasteiger partial charge in [-0.1, -0.05) is 26.3 Å². The second kappa shape index (κ2) is 7.19. The van der Waals surface area contributed by atoms with Gasteiger partial charge in [-0.2, -0.15) is 0 Å². The van der Waals surface area contributed by atoms with Crippen molar-refractivity contribution in [2.24, 2.45) is 5.92 Å². The molecule has 3 heteroatoms. The van der Waals surface area contributed by atoms with Crippen LogP contribution in [0.2, 0.25) is 0 Å². The lowest BCUT2D eigenvalue weighted by Crippen LogP contribution is -2.28. The molecule has 22 heavy (non-hydrogen) atoms. The van der Waals surface area contributed by atoms with Crippen LogP contribution in [0.1, 0.15) is 51.7 Å². The molecule has 0 unspecified atom stereocenters. The number of hydrogen-bond donors (Lipinski definition) is 0. The minimum Gasteiger partial charge on any atom is -0.479 e. The monoisotopic (exact) mass is 304 g/mol. The van der Waals surface area contributed by atoms with E-state index in [0.717, 1.165) is 29.4 Å². The number of ether oxygens (including phenoxy) is 3. The Balaban J connectivity index is 2.23. The van der Waals surface area contributed by atoms with Crippen molar-refractivity contribution in [3.8, 4) is 11.5 Å². The highest BCUT2D eigenvalue weighted by atomic mass is 16.7. The molecule has 0 aliphatic carbocycles. The summed E-state index contributed by atoms with van der Waals surface area (Å²) in [6.45, 7) is 8.85. The fourth-order valence-corrected chi connectivity index (χ4v) is 2.59. The van der Waals surface area contributed by atoms with Gasteiger partial charge in [0.25, 0.3) is 0 Å². The van der Waals surface area contributed by atoms with Crippen molar-refractivity contribution in [3.05, 3.63) is 29.3 Å². The van der Waals surface area contributed by atoms with E-state index in [2.05, 4.69) is 38.1 Å². The van der Waals surface area contributed by atoms with Gasteiger partial charge in [0.15, 0.2) is 18.3 Å². The Morgan fingerprint density at radius 3 is 2.68 bits per heavy atom. The molecule has 0 fully saturated rings. The van der Waals surface area contributed by atoms with E-state index < -0.39 is 0 Å². The van der Waals surface area contributed by atoms with E-state index in [9.17, 15) is 0 Å². The van der Waals surface area contributed by atoms with Crippen LogP contribution in [0.25, 0.3) is 6.08 Å². The van der Waals surface area contributed by atoms with Gasteiger partial charge in [-0.25, -0.2) is 0 Å². The van der Waals surface area contributed by atoms with Crippen molar-refractivity contribution >= 4 is 6.08 Å². The van der Waals surface area contributed by atoms with E-state index >= 15 is 0 Å². The lowest BCUT2D eigenvalue weighted by molar-refractivity contribution is 0.0453. The average Bonchev–Trinajstić information content (AvgIpc) is 2.44.